The Labute approximate surface area is 96.1 Å². The van der Waals surface area contributed by atoms with Gasteiger partial charge in [-0.25, -0.2) is 0 Å². The molecular formula is C10H11BrN2O2. The molecule has 0 radical (unpaired) electrons. The van der Waals surface area contributed by atoms with Crippen molar-refractivity contribution >= 4 is 27.7 Å². The van der Waals surface area contributed by atoms with Gasteiger partial charge in [-0.1, -0.05) is 21.5 Å². The van der Waals surface area contributed by atoms with Crippen LogP contribution in [0.5, 0.6) is 0 Å². The molecule has 0 aliphatic carbocycles. The predicted octanol–water partition coefficient (Wildman–Crippen LogP) is 2.72. The number of halogens is 1. The Bertz CT molecular complexity index is 416. The van der Waals surface area contributed by atoms with E-state index in [9.17, 15) is 10.1 Å². The summed E-state index contributed by atoms with van der Waals surface area (Å²) in [5.74, 6) is 0. The lowest BCUT2D eigenvalue weighted by atomic mass is 10.1. The molecule has 15 heavy (non-hydrogen) atoms. The van der Waals surface area contributed by atoms with E-state index in [1.165, 1.54) is 6.07 Å². The van der Waals surface area contributed by atoms with Gasteiger partial charge in [0.05, 0.1) is 10.5 Å². The third-order valence-electron chi connectivity index (χ3n) is 1.91. The predicted molar refractivity (Wildman–Crippen MR) is 63.5 cm³/mol. The van der Waals surface area contributed by atoms with Crippen molar-refractivity contribution in [2.75, 3.05) is 6.54 Å². The zero-order chi connectivity index (χ0) is 11.4. The number of nitro groups is 1. The van der Waals surface area contributed by atoms with Crippen molar-refractivity contribution in [1.82, 2.24) is 0 Å². The van der Waals surface area contributed by atoms with Crippen LogP contribution in [0.1, 0.15) is 12.5 Å². The highest BCUT2D eigenvalue weighted by molar-refractivity contribution is 9.10. The van der Waals surface area contributed by atoms with Crippen molar-refractivity contribution in [3.05, 3.63) is 43.9 Å². The van der Waals surface area contributed by atoms with Gasteiger partial charge in [0.15, 0.2) is 0 Å². The summed E-state index contributed by atoms with van der Waals surface area (Å²) >= 11 is 3.20. The summed E-state index contributed by atoms with van der Waals surface area (Å²) in [5.41, 5.74) is 6.99. The number of hydrogen-bond acceptors (Lipinski definition) is 3. The lowest BCUT2D eigenvalue weighted by Crippen LogP contribution is -2.00. The third kappa shape index (κ3) is 3.14. The minimum atomic E-state index is -0.402. The summed E-state index contributed by atoms with van der Waals surface area (Å²) in [6, 6.07) is 4.94. The Hall–Kier alpha value is -1.20. The first-order valence-corrected chi connectivity index (χ1v) is 5.15. The molecule has 2 N–H and O–H groups in total. The summed E-state index contributed by atoms with van der Waals surface area (Å²) in [5, 5.41) is 10.8. The van der Waals surface area contributed by atoms with Gasteiger partial charge in [-0.3, -0.25) is 10.1 Å². The van der Waals surface area contributed by atoms with Gasteiger partial charge in [0.1, 0.15) is 0 Å². The lowest BCUT2D eigenvalue weighted by Gasteiger charge is -2.00. The number of hydrogen-bond donors (Lipinski definition) is 1. The Morgan fingerprint density at radius 1 is 1.67 bits per heavy atom. The number of rotatable bonds is 3. The molecule has 1 aromatic rings. The van der Waals surface area contributed by atoms with Gasteiger partial charge in [-0.2, -0.15) is 0 Å². The van der Waals surface area contributed by atoms with Crippen LogP contribution in [-0.2, 0) is 0 Å². The van der Waals surface area contributed by atoms with E-state index < -0.39 is 4.92 Å². The summed E-state index contributed by atoms with van der Waals surface area (Å²) in [6.07, 6.45) is 1.73. The van der Waals surface area contributed by atoms with E-state index in [-0.39, 0.29) is 5.69 Å². The van der Waals surface area contributed by atoms with Crippen LogP contribution in [0.15, 0.2) is 28.2 Å². The molecule has 0 bridgehead atoms. The maximum atomic E-state index is 10.8. The molecule has 0 fully saturated rings. The van der Waals surface area contributed by atoms with Crippen LogP contribution in [0, 0.1) is 10.1 Å². The van der Waals surface area contributed by atoms with Crippen LogP contribution in [0.25, 0.3) is 6.08 Å². The Morgan fingerprint density at radius 3 is 2.87 bits per heavy atom. The summed E-state index contributed by atoms with van der Waals surface area (Å²) in [4.78, 5) is 10.4. The van der Waals surface area contributed by atoms with Gasteiger partial charge in [0.25, 0.3) is 5.69 Å². The second kappa shape index (κ2) is 5.04. The van der Waals surface area contributed by atoms with E-state index >= 15 is 0 Å². The summed E-state index contributed by atoms with van der Waals surface area (Å²) < 4.78 is 0.691. The number of benzene rings is 1. The normalized spacial score (nSPS) is 11.5. The van der Waals surface area contributed by atoms with Gasteiger partial charge >= 0.3 is 0 Å². The Kier molecular flexibility index (Phi) is 3.99. The summed E-state index contributed by atoms with van der Waals surface area (Å²) in [6.45, 7) is 2.24. The Balaban J connectivity index is 3.23. The quantitative estimate of drug-likeness (QED) is 0.678. The van der Waals surface area contributed by atoms with Gasteiger partial charge in [-0.15, -0.1) is 0 Å². The van der Waals surface area contributed by atoms with Crippen LogP contribution in [0.2, 0.25) is 0 Å². The van der Waals surface area contributed by atoms with Crippen LogP contribution < -0.4 is 5.73 Å². The molecule has 0 saturated heterocycles. The van der Waals surface area contributed by atoms with Gasteiger partial charge in [0, 0.05) is 17.1 Å². The van der Waals surface area contributed by atoms with Gasteiger partial charge < -0.3 is 5.73 Å². The highest BCUT2D eigenvalue weighted by atomic mass is 79.9. The molecule has 1 aromatic carbocycles. The molecule has 80 valence electrons. The van der Waals surface area contributed by atoms with Gasteiger partial charge in [0.2, 0.25) is 0 Å². The monoisotopic (exact) mass is 270 g/mol. The molecule has 0 spiro atoms. The van der Waals surface area contributed by atoms with E-state index in [1.54, 1.807) is 18.2 Å². The minimum absolute atomic E-state index is 0.0807. The molecule has 0 heterocycles. The minimum Gasteiger partial charge on any atom is -0.327 e. The molecule has 4 nitrogen and oxygen atoms in total. The van der Waals surface area contributed by atoms with Crippen LogP contribution >= 0.6 is 15.9 Å². The van der Waals surface area contributed by atoms with Crippen molar-refractivity contribution in [3.63, 3.8) is 0 Å². The molecule has 0 aromatic heterocycles. The van der Waals surface area contributed by atoms with E-state index in [2.05, 4.69) is 15.9 Å². The van der Waals surface area contributed by atoms with Crippen molar-refractivity contribution in [1.29, 1.82) is 0 Å². The maximum absolute atomic E-state index is 10.8. The second-order valence-corrected chi connectivity index (χ2v) is 4.07. The highest BCUT2D eigenvalue weighted by Crippen LogP contribution is 2.25. The Morgan fingerprint density at radius 2 is 2.33 bits per heavy atom. The van der Waals surface area contributed by atoms with E-state index in [1.807, 2.05) is 6.92 Å². The van der Waals surface area contributed by atoms with Crippen molar-refractivity contribution in [3.8, 4) is 0 Å². The molecule has 0 aliphatic heterocycles. The second-order valence-electron chi connectivity index (χ2n) is 3.16. The van der Waals surface area contributed by atoms with Crippen LogP contribution in [-0.4, -0.2) is 11.5 Å². The topological polar surface area (TPSA) is 69.2 Å². The van der Waals surface area contributed by atoms with Gasteiger partial charge in [-0.05, 0) is 25.1 Å². The first-order valence-electron chi connectivity index (χ1n) is 4.35. The molecule has 0 unspecified atom stereocenters. The fraction of sp³-hybridized carbons (Fsp3) is 0.200. The summed E-state index contributed by atoms with van der Waals surface area (Å²) in [7, 11) is 0. The average molecular weight is 271 g/mol. The number of nitro benzene ring substituents is 1. The fourth-order valence-corrected chi connectivity index (χ4v) is 1.47. The number of nitrogens with zero attached hydrogens (tertiary/aromatic N) is 1. The van der Waals surface area contributed by atoms with Crippen molar-refractivity contribution in [2.45, 2.75) is 6.92 Å². The van der Waals surface area contributed by atoms with Crippen molar-refractivity contribution < 1.29 is 4.92 Å². The molecule has 0 atom stereocenters. The van der Waals surface area contributed by atoms with Crippen LogP contribution in [0.3, 0.4) is 0 Å². The average Bonchev–Trinajstić information content (AvgIpc) is 2.20. The SMILES string of the molecule is C/C(=C/c1ccc(Br)cc1[N+](=O)[O-])CN. The zero-order valence-electron chi connectivity index (χ0n) is 8.24. The third-order valence-corrected chi connectivity index (χ3v) is 2.41. The fourth-order valence-electron chi connectivity index (χ4n) is 1.12. The smallest absolute Gasteiger partial charge is 0.277 e. The molecular weight excluding hydrogens is 260 g/mol. The van der Waals surface area contributed by atoms with Crippen LogP contribution in [0.4, 0.5) is 5.69 Å². The molecule has 0 amide bonds. The standard InChI is InChI=1S/C10H11BrN2O2/c1-7(6-12)4-8-2-3-9(11)5-10(8)13(14)15/h2-5H,6,12H2,1H3/b7-4-. The lowest BCUT2D eigenvalue weighted by molar-refractivity contribution is -0.385. The molecule has 0 aliphatic rings. The van der Waals surface area contributed by atoms with E-state index in [0.29, 0.717) is 16.6 Å². The van der Waals surface area contributed by atoms with E-state index in [4.69, 9.17) is 5.73 Å². The number of nitrogens with two attached hydrogens (primary N) is 1. The highest BCUT2D eigenvalue weighted by Gasteiger charge is 2.11. The maximum Gasteiger partial charge on any atom is 0.277 e. The first-order chi connectivity index (χ1) is 7.04. The molecule has 1 rings (SSSR count). The molecule has 5 heteroatoms. The first kappa shape index (κ1) is 11.9. The van der Waals surface area contributed by atoms with E-state index in [0.717, 1.165) is 5.57 Å². The zero-order valence-corrected chi connectivity index (χ0v) is 9.82. The largest absolute Gasteiger partial charge is 0.327 e. The molecule has 0 saturated carbocycles. The van der Waals surface area contributed by atoms with Crippen molar-refractivity contribution in [2.24, 2.45) is 5.73 Å².